The maximum Gasteiger partial charge on any atom is 0.166 e. The van der Waals surface area contributed by atoms with Gasteiger partial charge in [-0.1, -0.05) is 32.6 Å². The molecule has 1 aromatic heterocycles. The summed E-state index contributed by atoms with van der Waals surface area (Å²) in [6.45, 7) is 2.95. The van der Waals surface area contributed by atoms with Crippen LogP contribution >= 0.6 is 0 Å². The summed E-state index contributed by atoms with van der Waals surface area (Å²) >= 11 is 0. The van der Waals surface area contributed by atoms with Gasteiger partial charge in [0.1, 0.15) is 0 Å². The van der Waals surface area contributed by atoms with Crippen molar-refractivity contribution in [2.24, 2.45) is 0 Å². The van der Waals surface area contributed by atoms with E-state index in [0.717, 1.165) is 13.0 Å². The lowest BCUT2D eigenvalue weighted by Crippen LogP contribution is -2.01. The van der Waals surface area contributed by atoms with Crippen molar-refractivity contribution in [2.75, 3.05) is 12.3 Å². The van der Waals surface area contributed by atoms with Crippen molar-refractivity contribution in [3.63, 3.8) is 0 Å². The molecule has 0 unspecified atom stereocenters. The van der Waals surface area contributed by atoms with Gasteiger partial charge in [0.25, 0.3) is 0 Å². The molecule has 15 heavy (non-hydrogen) atoms. The molecule has 0 radical (unpaired) electrons. The third-order valence-corrected chi connectivity index (χ3v) is 2.31. The molecule has 0 aliphatic heterocycles. The van der Waals surface area contributed by atoms with Crippen LogP contribution in [0.25, 0.3) is 0 Å². The van der Waals surface area contributed by atoms with E-state index in [4.69, 9.17) is 10.5 Å². The van der Waals surface area contributed by atoms with Crippen molar-refractivity contribution in [1.82, 2.24) is 4.98 Å². The molecule has 84 valence electrons. The Morgan fingerprint density at radius 1 is 1.27 bits per heavy atom. The van der Waals surface area contributed by atoms with Crippen molar-refractivity contribution in [2.45, 2.75) is 39.0 Å². The average molecular weight is 208 g/mol. The molecule has 2 N–H and O–H groups in total. The smallest absolute Gasteiger partial charge is 0.166 e. The number of anilines is 1. The van der Waals surface area contributed by atoms with Gasteiger partial charge in [0.2, 0.25) is 0 Å². The molecule has 1 rings (SSSR count). The van der Waals surface area contributed by atoms with Crippen LogP contribution in [0, 0.1) is 0 Å². The third kappa shape index (κ3) is 4.68. The third-order valence-electron chi connectivity index (χ3n) is 2.31. The molecular weight excluding hydrogens is 188 g/mol. The van der Waals surface area contributed by atoms with Crippen LogP contribution in [0.1, 0.15) is 39.0 Å². The lowest BCUT2D eigenvalue weighted by atomic mass is 10.2. The first-order chi connectivity index (χ1) is 7.34. The number of unbranched alkanes of at least 4 members (excludes halogenated alkanes) is 4. The first-order valence-corrected chi connectivity index (χ1v) is 5.68. The van der Waals surface area contributed by atoms with Gasteiger partial charge < -0.3 is 10.5 Å². The van der Waals surface area contributed by atoms with E-state index in [1.807, 2.05) is 12.1 Å². The van der Waals surface area contributed by atoms with E-state index in [0.29, 0.717) is 11.6 Å². The van der Waals surface area contributed by atoms with Crippen LogP contribution in [0.2, 0.25) is 0 Å². The number of hydrogen-bond donors (Lipinski definition) is 1. The van der Waals surface area contributed by atoms with E-state index in [1.54, 1.807) is 6.20 Å². The van der Waals surface area contributed by atoms with Gasteiger partial charge >= 0.3 is 0 Å². The van der Waals surface area contributed by atoms with Crippen molar-refractivity contribution in [1.29, 1.82) is 0 Å². The van der Waals surface area contributed by atoms with Crippen LogP contribution in [-0.2, 0) is 0 Å². The second-order valence-corrected chi connectivity index (χ2v) is 3.65. The highest BCUT2D eigenvalue weighted by Crippen LogP contribution is 2.17. The van der Waals surface area contributed by atoms with E-state index in [9.17, 15) is 0 Å². The Labute approximate surface area is 91.7 Å². The number of aromatic nitrogens is 1. The summed E-state index contributed by atoms with van der Waals surface area (Å²) < 4.78 is 5.53. The molecule has 3 nitrogen and oxygen atoms in total. The van der Waals surface area contributed by atoms with Gasteiger partial charge in [-0.25, -0.2) is 4.98 Å². The van der Waals surface area contributed by atoms with E-state index in [1.165, 1.54) is 25.7 Å². The molecule has 0 bridgehead atoms. The number of ether oxygens (including phenoxy) is 1. The minimum atomic E-state index is 0.478. The predicted molar refractivity (Wildman–Crippen MR) is 62.9 cm³/mol. The van der Waals surface area contributed by atoms with Gasteiger partial charge in [0.05, 0.1) is 6.61 Å². The summed E-state index contributed by atoms with van der Waals surface area (Å²) in [5, 5.41) is 0. The lowest BCUT2D eigenvalue weighted by molar-refractivity contribution is 0.305. The number of pyridine rings is 1. The highest BCUT2D eigenvalue weighted by molar-refractivity contribution is 5.44. The summed E-state index contributed by atoms with van der Waals surface area (Å²) in [6, 6.07) is 3.69. The molecule has 0 aliphatic rings. The molecule has 0 aliphatic carbocycles. The Balaban J connectivity index is 2.12. The molecule has 0 saturated carbocycles. The Morgan fingerprint density at radius 2 is 2.07 bits per heavy atom. The van der Waals surface area contributed by atoms with Crippen molar-refractivity contribution in [3.8, 4) is 5.75 Å². The molecule has 0 saturated heterocycles. The van der Waals surface area contributed by atoms with E-state index >= 15 is 0 Å². The fourth-order valence-electron chi connectivity index (χ4n) is 1.41. The standard InChI is InChI=1S/C12H20N2O/c1-2-3-4-5-6-10-15-11-8-7-9-14-12(11)13/h7-9H,2-6,10H2,1H3,(H2,13,14). The first kappa shape index (κ1) is 11.8. The largest absolute Gasteiger partial charge is 0.490 e. The lowest BCUT2D eigenvalue weighted by Gasteiger charge is -2.07. The fourth-order valence-corrected chi connectivity index (χ4v) is 1.41. The van der Waals surface area contributed by atoms with Crippen LogP contribution in [0.15, 0.2) is 18.3 Å². The Bertz CT molecular complexity index is 276. The summed E-state index contributed by atoms with van der Waals surface area (Å²) in [4.78, 5) is 3.96. The van der Waals surface area contributed by atoms with Crippen molar-refractivity contribution >= 4 is 5.82 Å². The molecule has 0 aromatic carbocycles. The molecule has 0 atom stereocenters. The number of nitrogens with zero attached hydrogens (tertiary/aromatic N) is 1. The second-order valence-electron chi connectivity index (χ2n) is 3.65. The van der Waals surface area contributed by atoms with Crippen LogP contribution in [-0.4, -0.2) is 11.6 Å². The maximum absolute atomic E-state index is 5.65. The second kappa shape index (κ2) is 7.10. The minimum absolute atomic E-state index is 0.478. The van der Waals surface area contributed by atoms with Crippen LogP contribution < -0.4 is 10.5 Å². The predicted octanol–water partition coefficient (Wildman–Crippen LogP) is 3.01. The summed E-state index contributed by atoms with van der Waals surface area (Å²) in [5.41, 5.74) is 5.65. The molecule has 0 spiro atoms. The topological polar surface area (TPSA) is 48.1 Å². The normalized spacial score (nSPS) is 10.2. The zero-order valence-corrected chi connectivity index (χ0v) is 9.41. The summed E-state index contributed by atoms with van der Waals surface area (Å²) in [5.74, 6) is 1.18. The zero-order valence-electron chi connectivity index (χ0n) is 9.41. The molecular formula is C12H20N2O. The Hall–Kier alpha value is -1.25. The van der Waals surface area contributed by atoms with E-state index < -0.39 is 0 Å². The highest BCUT2D eigenvalue weighted by Gasteiger charge is 1.98. The quantitative estimate of drug-likeness (QED) is 0.701. The van der Waals surface area contributed by atoms with Crippen LogP contribution in [0.3, 0.4) is 0 Å². The fraction of sp³-hybridized carbons (Fsp3) is 0.583. The summed E-state index contributed by atoms with van der Waals surface area (Å²) in [6.07, 6.45) is 7.87. The monoisotopic (exact) mass is 208 g/mol. The molecule has 1 aromatic rings. The Kier molecular flexibility index (Phi) is 5.59. The number of nitrogen functional groups attached to an aromatic ring is 1. The molecule has 0 amide bonds. The van der Waals surface area contributed by atoms with E-state index in [2.05, 4.69) is 11.9 Å². The molecule has 1 heterocycles. The average Bonchev–Trinajstić information content (AvgIpc) is 2.25. The minimum Gasteiger partial charge on any atom is -0.490 e. The molecule has 0 fully saturated rings. The van der Waals surface area contributed by atoms with Crippen LogP contribution in [0.5, 0.6) is 5.75 Å². The zero-order chi connectivity index (χ0) is 10.9. The van der Waals surface area contributed by atoms with E-state index in [-0.39, 0.29) is 0 Å². The summed E-state index contributed by atoms with van der Waals surface area (Å²) in [7, 11) is 0. The number of hydrogen-bond acceptors (Lipinski definition) is 3. The van der Waals surface area contributed by atoms with Crippen LogP contribution in [0.4, 0.5) is 5.82 Å². The Morgan fingerprint density at radius 3 is 2.80 bits per heavy atom. The number of rotatable bonds is 7. The van der Waals surface area contributed by atoms with Crippen molar-refractivity contribution in [3.05, 3.63) is 18.3 Å². The van der Waals surface area contributed by atoms with Gasteiger partial charge in [-0.15, -0.1) is 0 Å². The highest BCUT2D eigenvalue weighted by atomic mass is 16.5. The SMILES string of the molecule is CCCCCCCOc1cccnc1N. The van der Waals surface area contributed by atoms with Crippen molar-refractivity contribution < 1.29 is 4.74 Å². The maximum atomic E-state index is 5.65. The van der Waals surface area contributed by atoms with Gasteiger partial charge in [0, 0.05) is 6.20 Å². The number of nitrogens with two attached hydrogens (primary N) is 1. The molecule has 3 heteroatoms. The van der Waals surface area contributed by atoms with Gasteiger partial charge in [-0.05, 0) is 18.6 Å². The van der Waals surface area contributed by atoms with Gasteiger partial charge in [-0.3, -0.25) is 0 Å². The first-order valence-electron chi connectivity index (χ1n) is 5.68. The van der Waals surface area contributed by atoms with Gasteiger partial charge in [-0.2, -0.15) is 0 Å². The van der Waals surface area contributed by atoms with Gasteiger partial charge in [0.15, 0.2) is 11.6 Å².